The van der Waals surface area contributed by atoms with Crippen molar-refractivity contribution in [2.24, 2.45) is 5.92 Å². The van der Waals surface area contributed by atoms with Crippen molar-refractivity contribution in [2.45, 2.75) is 26.4 Å². The molecule has 0 rings (SSSR count). The second-order valence-electron chi connectivity index (χ2n) is 2.22. The molecule has 0 saturated carbocycles. The van der Waals surface area contributed by atoms with Crippen LogP contribution >= 0.6 is 0 Å². The lowest BCUT2D eigenvalue weighted by molar-refractivity contribution is 0.253. The summed E-state index contributed by atoms with van der Waals surface area (Å²) in [7, 11) is 0. The lowest BCUT2D eigenvalue weighted by atomic mass is 10.1. The molecule has 56 valence electrons. The summed E-state index contributed by atoms with van der Waals surface area (Å²) in [5.74, 6) is 5.81. The Bertz CT molecular complexity index is 148. The molecule has 1 heteroatoms. The SMILES string of the molecule is C=CC(C#CC(C)O)CC. The van der Waals surface area contributed by atoms with E-state index in [1.807, 2.05) is 6.92 Å². The Labute approximate surface area is 62.8 Å². The number of rotatable bonds is 2. The van der Waals surface area contributed by atoms with E-state index < -0.39 is 6.10 Å². The van der Waals surface area contributed by atoms with Gasteiger partial charge in [0.1, 0.15) is 6.10 Å². The molecule has 0 aromatic rings. The summed E-state index contributed by atoms with van der Waals surface area (Å²) in [6.07, 6.45) is 2.24. The Morgan fingerprint density at radius 2 is 2.20 bits per heavy atom. The van der Waals surface area contributed by atoms with Gasteiger partial charge in [-0.1, -0.05) is 24.8 Å². The normalized spacial score (nSPS) is 14.7. The first-order valence-corrected chi connectivity index (χ1v) is 3.52. The highest BCUT2D eigenvalue weighted by Gasteiger charge is 1.92. The molecule has 10 heavy (non-hydrogen) atoms. The molecular formula is C9H14O. The summed E-state index contributed by atoms with van der Waals surface area (Å²) in [5, 5.41) is 8.78. The number of hydrogen-bond acceptors (Lipinski definition) is 1. The monoisotopic (exact) mass is 138 g/mol. The topological polar surface area (TPSA) is 20.2 Å². The van der Waals surface area contributed by atoms with Gasteiger partial charge in [-0.2, -0.15) is 0 Å². The fourth-order valence-corrected chi connectivity index (χ4v) is 0.555. The van der Waals surface area contributed by atoms with Crippen LogP contribution in [-0.4, -0.2) is 11.2 Å². The predicted octanol–water partition coefficient (Wildman–Crippen LogP) is 1.58. The molecule has 0 amide bonds. The zero-order valence-electron chi connectivity index (χ0n) is 6.59. The van der Waals surface area contributed by atoms with Crippen LogP contribution in [0.3, 0.4) is 0 Å². The molecule has 1 N–H and O–H groups in total. The number of aliphatic hydroxyl groups excluding tert-OH is 1. The standard InChI is InChI=1S/C9H14O/c1-4-9(5-2)7-6-8(3)10/h4,8-10H,1,5H2,2-3H3. The summed E-state index contributed by atoms with van der Waals surface area (Å²) in [4.78, 5) is 0. The second-order valence-corrected chi connectivity index (χ2v) is 2.22. The first-order chi connectivity index (χ1) is 4.70. The van der Waals surface area contributed by atoms with Crippen LogP contribution in [0.15, 0.2) is 12.7 Å². The molecule has 0 aliphatic heterocycles. The Morgan fingerprint density at radius 1 is 1.60 bits per heavy atom. The molecule has 0 spiro atoms. The van der Waals surface area contributed by atoms with Crippen LogP contribution in [0.4, 0.5) is 0 Å². The van der Waals surface area contributed by atoms with Crippen LogP contribution in [0.25, 0.3) is 0 Å². The maximum absolute atomic E-state index is 8.78. The smallest absolute Gasteiger partial charge is 0.111 e. The molecule has 0 bridgehead atoms. The molecule has 0 fully saturated rings. The molecule has 0 saturated heterocycles. The van der Waals surface area contributed by atoms with Gasteiger partial charge in [0, 0.05) is 5.92 Å². The highest BCUT2D eigenvalue weighted by molar-refractivity contribution is 5.11. The number of aliphatic hydroxyl groups is 1. The summed E-state index contributed by atoms with van der Waals surface area (Å²) >= 11 is 0. The molecule has 2 atom stereocenters. The van der Waals surface area contributed by atoms with E-state index in [0.29, 0.717) is 0 Å². The summed E-state index contributed by atoms with van der Waals surface area (Å²) in [6.45, 7) is 7.33. The number of hydrogen-bond donors (Lipinski definition) is 1. The molecule has 0 aliphatic carbocycles. The van der Waals surface area contributed by atoms with E-state index in [0.717, 1.165) is 6.42 Å². The third kappa shape index (κ3) is 4.17. The van der Waals surface area contributed by atoms with Gasteiger partial charge in [-0.25, -0.2) is 0 Å². The van der Waals surface area contributed by atoms with Crippen LogP contribution in [0.2, 0.25) is 0 Å². The van der Waals surface area contributed by atoms with E-state index in [4.69, 9.17) is 5.11 Å². The van der Waals surface area contributed by atoms with Gasteiger partial charge in [0.25, 0.3) is 0 Å². The van der Waals surface area contributed by atoms with Gasteiger partial charge in [-0.15, -0.1) is 6.58 Å². The summed E-state index contributed by atoms with van der Waals surface area (Å²) in [5.41, 5.74) is 0. The van der Waals surface area contributed by atoms with E-state index >= 15 is 0 Å². The zero-order chi connectivity index (χ0) is 7.98. The van der Waals surface area contributed by atoms with Crippen LogP contribution in [0.5, 0.6) is 0 Å². The minimum atomic E-state index is -0.519. The fourth-order valence-electron chi connectivity index (χ4n) is 0.555. The van der Waals surface area contributed by atoms with Crippen molar-refractivity contribution in [1.29, 1.82) is 0 Å². The first-order valence-electron chi connectivity index (χ1n) is 3.52. The fraction of sp³-hybridized carbons (Fsp3) is 0.556. The molecule has 2 unspecified atom stereocenters. The van der Waals surface area contributed by atoms with Crippen LogP contribution < -0.4 is 0 Å². The van der Waals surface area contributed by atoms with E-state index in [1.54, 1.807) is 13.0 Å². The highest BCUT2D eigenvalue weighted by Crippen LogP contribution is 2.00. The van der Waals surface area contributed by atoms with Gasteiger partial charge in [0.15, 0.2) is 0 Å². The first kappa shape index (κ1) is 9.26. The maximum atomic E-state index is 8.78. The summed E-state index contributed by atoms with van der Waals surface area (Å²) in [6, 6.07) is 0. The average Bonchev–Trinajstić information content (AvgIpc) is 1.90. The predicted molar refractivity (Wildman–Crippen MR) is 43.4 cm³/mol. The lowest BCUT2D eigenvalue weighted by Gasteiger charge is -1.97. The van der Waals surface area contributed by atoms with E-state index in [2.05, 4.69) is 18.4 Å². The Morgan fingerprint density at radius 3 is 2.50 bits per heavy atom. The van der Waals surface area contributed by atoms with Crippen LogP contribution in [0, 0.1) is 17.8 Å². The van der Waals surface area contributed by atoms with E-state index in [9.17, 15) is 0 Å². The molecule has 0 aromatic carbocycles. The average molecular weight is 138 g/mol. The number of allylic oxidation sites excluding steroid dienone is 1. The van der Waals surface area contributed by atoms with Crippen molar-refractivity contribution in [3.8, 4) is 11.8 Å². The van der Waals surface area contributed by atoms with Gasteiger partial charge < -0.3 is 5.11 Å². The minimum absolute atomic E-state index is 0.231. The van der Waals surface area contributed by atoms with Crippen molar-refractivity contribution in [3.63, 3.8) is 0 Å². The Kier molecular flexibility index (Phi) is 4.70. The maximum Gasteiger partial charge on any atom is 0.111 e. The molecule has 0 aromatic heterocycles. The van der Waals surface area contributed by atoms with Crippen molar-refractivity contribution in [1.82, 2.24) is 0 Å². The minimum Gasteiger partial charge on any atom is -0.381 e. The molecule has 0 aliphatic rings. The molecule has 0 radical (unpaired) electrons. The summed E-state index contributed by atoms with van der Waals surface area (Å²) < 4.78 is 0. The van der Waals surface area contributed by atoms with Crippen molar-refractivity contribution in [3.05, 3.63) is 12.7 Å². The Hall–Kier alpha value is -0.740. The second kappa shape index (κ2) is 5.08. The molecule has 0 heterocycles. The van der Waals surface area contributed by atoms with Crippen molar-refractivity contribution < 1.29 is 5.11 Å². The van der Waals surface area contributed by atoms with Gasteiger partial charge in [0.05, 0.1) is 0 Å². The quantitative estimate of drug-likeness (QED) is 0.453. The van der Waals surface area contributed by atoms with Crippen LogP contribution in [-0.2, 0) is 0 Å². The van der Waals surface area contributed by atoms with E-state index in [1.165, 1.54) is 0 Å². The van der Waals surface area contributed by atoms with Gasteiger partial charge in [-0.05, 0) is 13.3 Å². The van der Waals surface area contributed by atoms with Crippen molar-refractivity contribution in [2.75, 3.05) is 0 Å². The van der Waals surface area contributed by atoms with Crippen molar-refractivity contribution >= 4 is 0 Å². The van der Waals surface area contributed by atoms with Gasteiger partial charge in [-0.3, -0.25) is 0 Å². The third-order valence-corrected chi connectivity index (χ3v) is 1.20. The largest absolute Gasteiger partial charge is 0.381 e. The lowest BCUT2D eigenvalue weighted by Crippen LogP contribution is -1.95. The van der Waals surface area contributed by atoms with Crippen LogP contribution in [0.1, 0.15) is 20.3 Å². The highest BCUT2D eigenvalue weighted by atomic mass is 16.3. The van der Waals surface area contributed by atoms with Gasteiger partial charge in [0.2, 0.25) is 0 Å². The third-order valence-electron chi connectivity index (χ3n) is 1.20. The molecule has 1 nitrogen and oxygen atoms in total. The molecular weight excluding hydrogens is 124 g/mol. The van der Waals surface area contributed by atoms with E-state index in [-0.39, 0.29) is 5.92 Å². The zero-order valence-corrected chi connectivity index (χ0v) is 6.59. The Balaban J connectivity index is 3.86. The van der Waals surface area contributed by atoms with Gasteiger partial charge >= 0.3 is 0 Å².